The molecule has 0 aromatic heterocycles. The van der Waals surface area contributed by atoms with Crippen LogP contribution in [0.5, 0.6) is 5.75 Å². The molecule has 0 saturated carbocycles. The summed E-state index contributed by atoms with van der Waals surface area (Å²) in [7, 11) is 0. The van der Waals surface area contributed by atoms with E-state index >= 15 is 0 Å². The Morgan fingerprint density at radius 1 is 0.889 bits per heavy atom. The molecule has 7 heteroatoms. The number of para-hydroxylation sites is 1. The highest BCUT2D eigenvalue weighted by molar-refractivity contribution is 5.74. The van der Waals surface area contributed by atoms with Crippen molar-refractivity contribution in [3.05, 3.63) is 65.7 Å². The first kappa shape index (κ1) is 20.0. The lowest BCUT2D eigenvalue weighted by molar-refractivity contribution is -0.185. The van der Waals surface area contributed by atoms with E-state index < -0.39 is 30.8 Å². The molecule has 0 radical (unpaired) electrons. The number of esters is 2. The summed E-state index contributed by atoms with van der Waals surface area (Å²) in [5, 5.41) is 8.88. The van der Waals surface area contributed by atoms with E-state index in [1.165, 1.54) is 6.92 Å². The average molecular weight is 372 g/mol. The summed E-state index contributed by atoms with van der Waals surface area (Å²) < 4.78 is 15.3. The van der Waals surface area contributed by atoms with Crippen molar-refractivity contribution in [3.63, 3.8) is 0 Å². The molecule has 0 bridgehead atoms. The smallest absolute Gasteiger partial charge is 0.347 e. The Labute approximate surface area is 156 Å². The van der Waals surface area contributed by atoms with Crippen LogP contribution in [-0.4, -0.2) is 35.9 Å². The molecule has 2 aromatic carbocycles. The van der Waals surface area contributed by atoms with Crippen LogP contribution >= 0.6 is 0 Å². The molecule has 142 valence electrons. The monoisotopic (exact) mass is 372 g/mol. The standard InChI is InChI=1S/C20H20O7/c1-14(26-19(23)11-15-7-3-2-4-8-15)27-20(24)13-25-17-10-6-5-9-16(17)12-18(21)22/h2-10,14H,11-13H2,1H3,(H,21,22). The van der Waals surface area contributed by atoms with Gasteiger partial charge < -0.3 is 19.3 Å². The quantitative estimate of drug-likeness (QED) is 0.533. The summed E-state index contributed by atoms with van der Waals surface area (Å²) in [6, 6.07) is 15.6. The molecular weight excluding hydrogens is 352 g/mol. The largest absolute Gasteiger partial charge is 0.482 e. The second kappa shape index (κ2) is 9.96. The van der Waals surface area contributed by atoms with Crippen LogP contribution in [0, 0.1) is 0 Å². The van der Waals surface area contributed by atoms with Gasteiger partial charge in [-0.05, 0) is 11.6 Å². The van der Waals surface area contributed by atoms with E-state index in [1.807, 2.05) is 18.2 Å². The van der Waals surface area contributed by atoms with E-state index in [0.717, 1.165) is 5.56 Å². The summed E-state index contributed by atoms with van der Waals surface area (Å²) in [4.78, 5) is 34.5. The minimum absolute atomic E-state index is 0.0712. The van der Waals surface area contributed by atoms with Crippen LogP contribution in [-0.2, 0) is 36.7 Å². The molecule has 1 unspecified atom stereocenters. The van der Waals surface area contributed by atoms with Gasteiger partial charge in [-0.15, -0.1) is 0 Å². The zero-order valence-corrected chi connectivity index (χ0v) is 14.8. The predicted octanol–water partition coefficient (Wildman–Crippen LogP) is 2.37. The van der Waals surface area contributed by atoms with Crippen LogP contribution in [0.25, 0.3) is 0 Å². The topological polar surface area (TPSA) is 99.1 Å². The third-order valence-corrected chi connectivity index (χ3v) is 3.45. The van der Waals surface area contributed by atoms with Crippen LogP contribution in [0.3, 0.4) is 0 Å². The Morgan fingerprint density at radius 2 is 1.52 bits per heavy atom. The molecule has 7 nitrogen and oxygen atoms in total. The summed E-state index contributed by atoms with van der Waals surface area (Å²) in [5.41, 5.74) is 1.24. The van der Waals surface area contributed by atoms with Crippen molar-refractivity contribution in [2.45, 2.75) is 26.1 Å². The lowest BCUT2D eigenvalue weighted by Crippen LogP contribution is -2.25. The molecule has 27 heavy (non-hydrogen) atoms. The number of carbonyl (C=O) groups is 3. The van der Waals surface area contributed by atoms with E-state index in [0.29, 0.717) is 5.56 Å². The average Bonchev–Trinajstić information content (AvgIpc) is 2.61. The number of aliphatic carboxylic acids is 1. The third kappa shape index (κ3) is 7.19. The number of hydrogen-bond donors (Lipinski definition) is 1. The molecule has 0 fully saturated rings. The highest BCUT2D eigenvalue weighted by Crippen LogP contribution is 2.18. The van der Waals surface area contributed by atoms with E-state index in [9.17, 15) is 14.4 Å². The molecule has 0 amide bonds. The van der Waals surface area contributed by atoms with Crippen LogP contribution in [0.1, 0.15) is 18.1 Å². The van der Waals surface area contributed by atoms with Crippen molar-refractivity contribution in [2.24, 2.45) is 0 Å². The summed E-state index contributed by atoms with van der Waals surface area (Å²) in [6.07, 6.45) is -1.22. The molecule has 2 aromatic rings. The minimum atomic E-state index is -1.06. The summed E-state index contributed by atoms with van der Waals surface area (Å²) in [5.74, 6) is -1.98. The van der Waals surface area contributed by atoms with Gasteiger partial charge in [0.2, 0.25) is 6.29 Å². The number of rotatable bonds is 9. The van der Waals surface area contributed by atoms with E-state index in [4.69, 9.17) is 19.3 Å². The van der Waals surface area contributed by atoms with Gasteiger partial charge in [0, 0.05) is 12.5 Å². The highest BCUT2D eigenvalue weighted by atomic mass is 16.7. The lowest BCUT2D eigenvalue weighted by Gasteiger charge is -2.15. The Hall–Kier alpha value is -3.35. The van der Waals surface area contributed by atoms with Gasteiger partial charge in [-0.3, -0.25) is 9.59 Å². The minimum Gasteiger partial charge on any atom is -0.482 e. The van der Waals surface area contributed by atoms with Crippen molar-refractivity contribution >= 4 is 17.9 Å². The molecule has 0 aliphatic carbocycles. The second-order valence-electron chi connectivity index (χ2n) is 5.68. The number of hydrogen-bond acceptors (Lipinski definition) is 6. The molecule has 2 rings (SSSR count). The molecule has 1 N–H and O–H groups in total. The van der Waals surface area contributed by atoms with Crippen LogP contribution in [0.4, 0.5) is 0 Å². The van der Waals surface area contributed by atoms with Crippen molar-refractivity contribution in [2.75, 3.05) is 6.61 Å². The molecule has 0 spiro atoms. The molecule has 0 aliphatic rings. The molecule has 1 atom stereocenters. The van der Waals surface area contributed by atoms with Gasteiger partial charge >= 0.3 is 17.9 Å². The van der Waals surface area contributed by atoms with Gasteiger partial charge in [0.1, 0.15) is 5.75 Å². The maximum Gasteiger partial charge on any atom is 0.347 e. The number of ether oxygens (including phenoxy) is 3. The molecule has 0 saturated heterocycles. The third-order valence-electron chi connectivity index (χ3n) is 3.45. The van der Waals surface area contributed by atoms with Crippen molar-refractivity contribution in [1.82, 2.24) is 0 Å². The lowest BCUT2D eigenvalue weighted by atomic mass is 10.1. The highest BCUT2D eigenvalue weighted by Gasteiger charge is 2.16. The Bertz CT molecular complexity index is 786. The summed E-state index contributed by atoms with van der Waals surface area (Å²) in [6.45, 7) is 0.996. The Balaban J connectivity index is 1.78. The second-order valence-corrected chi connectivity index (χ2v) is 5.68. The molecule has 0 aliphatic heterocycles. The predicted molar refractivity (Wildman–Crippen MR) is 95.1 cm³/mol. The zero-order valence-electron chi connectivity index (χ0n) is 14.8. The molecular formula is C20H20O7. The van der Waals surface area contributed by atoms with Crippen LogP contribution in [0.15, 0.2) is 54.6 Å². The Kier molecular flexibility index (Phi) is 7.37. The zero-order chi connectivity index (χ0) is 19.6. The first-order valence-electron chi connectivity index (χ1n) is 8.29. The first-order chi connectivity index (χ1) is 12.9. The van der Waals surface area contributed by atoms with Gasteiger partial charge in [0.25, 0.3) is 0 Å². The fourth-order valence-electron chi connectivity index (χ4n) is 2.32. The fourth-order valence-corrected chi connectivity index (χ4v) is 2.32. The molecule has 0 heterocycles. The SMILES string of the molecule is CC(OC(=O)COc1ccccc1CC(=O)O)OC(=O)Cc1ccccc1. The van der Waals surface area contributed by atoms with Gasteiger partial charge in [-0.25, -0.2) is 4.79 Å². The van der Waals surface area contributed by atoms with Gasteiger partial charge in [-0.2, -0.15) is 0 Å². The van der Waals surface area contributed by atoms with Crippen molar-refractivity contribution in [3.8, 4) is 5.75 Å². The maximum absolute atomic E-state index is 11.8. The number of carboxylic acid groups (broad SMARTS) is 1. The fraction of sp³-hybridized carbons (Fsp3) is 0.250. The number of carbonyl (C=O) groups excluding carboxylic acids is 2. The van der Waals surface area contributed by atoms with E-state index in [1.54, 1.807) is 36.4 Å². The van der Waals surface area contributed by atoms with Crippen molar-refractivity contribution in [1.29, 1.82) is 0 Å². The number of carboxylic acids is 1. The number of benzene rings is 2. The maximum atomic E-state index is 11.8. The van der Waals surface area contributed by atoms with E-state index in [-0.39, 0.29) is 18.6 Å². The normalized spacial score (nSPS) is 11.3. The van der Waals surface area contributed by atoms with Gasteiger partial charge in [0.05, 0.1) is 12.8 Å². The first-order valence-corrected chi connectivity index (χ1v) is 8.29. The van der Waals surface area contributed by atoms with Gasteiger partial charge in [0.15, 0.2) is 6.61 Å². The Morgan fingerprint density at radius 3 is 2.22 bits per heavy atom. The van der Waals surface area contributed by atoms with Crippen LogP contribution < -0.4 is 4.74 Å². The van der Waals surface area contributed by atoms with Crippen LogP contribution in [0.2, 0.25) is 0 Å². The van der Waals surface area contributed by atoms with E-state index in [2.05, 4.69) is 0 Å². The van der Waals surface area contributed by atoms with Crippen molar-refractivity contribution < 1.29 is 33.7 Å². The summed E-state index contributed by atoms with van der Waals surface area (Å²) >= 11 is 0. The van der Waals surface area contributed by atoms with Gasteiger partial charge in [-0.1, -0.05) is 48.5 Å².